The van der Waals surface area contributed by atoms with Gasteiger partial charge in [0.15, 0.2) is 0 Å². The molecule has 1 nitrogen and oxygen atoms in total. The molecule has 26 heavy (non-hydrogen) atoms. The lowest BCUT2D eigenvalue weighted by Gasteiger charge is -2.09. The number of furan rings is 1. The minimum atomic E-state index is 0.948. The Balaban J connectivity index is 1.87. The first-order valence-electron chi connectivity index (χ1n) is 8.96. The third-order valence-electron chi connectivity index (χ3n) is 5.49. The van der Waals surface area contributed by atoms with Crippen LogP contribution in [0.15, 0.2) is 83.3 Å². The summed E-state index contributed by atoms with van der Waals surface area (Å²) in [5, 5.41) is 9.96. The minimum absolute atomic E-state index is 0.948. The molecule has 0 saturated carbocycles. The highest BCUT2D eigenvalue weighted by atomic mass is 16.3. The molecule has 0 N–H and O–H groups in total. The van der Waals surface area contributed by atoms with Crippen LogP contribution in [-0.2, 0) is 0 Å². The molecule has 0 bridgehead atoms. The Kier molecular flexibility index (Phi) is 2.60. The van der Waals surface area contributed by atoms with Crippen LogP contribution in [-0.4, -0.2) is 0 Å². The van der Waals surface area contributed by atoms with Gasteiger partial charge in [0.25, 0.3) is 0 Å². The Morgan fingerprint density at radius 1 is 0.577 bits per heavy atom. The van der Waals surface area contributed by atoms with Gasteiger partial charge < -0.3 is 4.42 Å². The molecule has 0 fully saturated rings. The zero-order valence-corrected chi connectivity index (χ0v) is 14.4. The highest BCUT2D eigenvalue weighted by Gasteiger charge is 2.12. The molecule has 0 radical (unpaired) electrons. The Morgan fingerprint density at radius 3 is 2.23 bits per heavy atom. The normalized spacial score (nSPS) is 12.0. The fourth-order valence-electron chi connectivity index (χ4n) is 4.27. The first-order chi connectivity index (χ1) is 12.8. The molecule has 0 aliphatic heterocycles. The van der Waals surface area contributed by atoms with Gasteiger partial charge in [-0.25, -0.2) is 0 Å². The number of fused-ring (bicyclic) bond motifs is 9. The van der Waals surface area contributed by atoms with E-state index < -0.39 is 0 Å². The van der Waals surface area contributed by atoms with E-state index in [1.54, 1.807) is 0 Å². The quantitative estimate of drug-likeness (QED) is 0.265. The molecule has 0 saturated heterocycles. The van der Waals surface area contributed by atoms with Crippen LogP contribution in [0.2, 0.25) is 0 Å². The summed E-state index contributed by atoms with van der Waals surface area (Å²) in [6, 6.07) is 28.3. The van der Waals surface area contributed by atoms with E-state index in [0.29, 0.717) is 0 Å². The second-order valence-electron chi connectivity index (χ2n) is 7.09. The molecule has 6 aromatic rings. The average molecular weight is 332 g/mol. The summed E-state index contributed by atoms with van der Waals surface area (Å²) in [5.41, 5.74) is 3.22. The molecule has 0 aliphatic rings. The van der Waals surface area contributed by atoms with Crippen LogP contribution in [0.1, 0.15) is 5.56 Å². The van der Waals surface area contributed by atoms with Gasteiger partial charge in [0.1, 0.15) is 11.2 Å². The second-order valence-corrected chi connectivity index (χ2v) is 7.09. The average Bonchev–Trinajstić information content (AvgIpc) is 3.06. The summed E-state index contributed by atoms with van der Waals surface area (Å²) in [4.78, 5) is 0. The first-order valence-corrected chi connectivity index (χ1v) is 8.96. The molecule has 1 heterocycles. The van der Waals surface area contributed by atoms with Crippen LogP contribution in [0.3, 0.4) is 0 Å². The monoisotopic (exact) mass is 332 g/mol. The molecule has 1 aromatic heterocycles. The molecular weight excluding hydrogens is 316 g/mol. The number of hydrogen-bond acceptors (Lipinski definition) is 1. The maximum Gasteiger partial charge on any atom is 0.143 e. The second kappa shape index (κ2) is 4.86. The largest absolute Gasteiger partial charge is 0.455 e. The van der Waals surface area contributed by atoms with Gasteiger partial charge in [-0.3, -0.25) is 0 Å². The lowest BCUT2D eigenvalue weighted by Crippen LogP contribution is -1.82. The summed E-state index contributed by atoms with van der Waals surface area (Å²) < 4.78 is 6.25. The van der Waals surface area contributed by atoms with Gasteiger partial charge in [-0.2, -0.15) is 0 Å². The Labute approximate surface area is 150 Å². The van der Waals surface area contributed by atoms with Crippen molar-refractivity contribution in [3.05, 3.63) is 84.4 Å². The Bertz CT molecular complexity index is 1480. The number of aryl methyl sites for hydroxylation is 1. The molecule has 0 atom stereocenters. The molecule has 0 spiro atoms. The van der Waals surface area contributed by atoms with Gasteiger partial charge in [-0.15, -0.1) is 0 Å². The van der Waals surface area contributed by atoms with Gasteiger partial charge in [0, 0.05) is 16.2 Å². The number of para-hydroxylation sites is 1. The predicted octanol–water partition coefficient (Wildman–Crippen LogP) is 7.35. The molecule has 0 aliphatic carbocycles. The van der Waals surface area contributed by atoms with Crippen molar-refractivity contribution >= 4 is 54.3 Å². The molecule has 5 aromatic carbocycles. The van der Waals surface area contributed by atoms with Crippen LogP contribution in [0.4, 0.5) is 0 Å². The van der Waals surface area contributed by atoms with Gasteiger partial charge in [-0.05, 0) is 52.1 Å². The van der Waals surface area contributed by atoms with Crippen molar-refractivity contribution < 1.29 is 4.42 Å². The maximum absolute atomic E-state index is 6.25. The first kappa shape index (κ1) is 13.9. The van der Waals surface area contributed by atoms with Crippen molar-refractivity contribution in [3.63, 3.8) is 0 Å². The van der Waals surface area contributed by atoms with Crippen molar-refractivity contribution in [3.8, 4) is 0 Å². The van der Waals surface area contributed by atoms with Crippen molar-refractivity contribution in [2.24, 2.45) is 0 Å². The topological polar surface area (TPSA) is 13.1 Å². The van der Waals surface area contributed by atoms with Crippen LogP contribution in [0.5, 0.6) is 0 Å². The van der Waals surface area contributed by atoms with Crippen LogP contribution < -0.4 is 0 Å². The van der Waals surface area contributed by atoms with Crippen molar-refractivity contribution in [2.45, 2.75) is 6.92 Å². The van der Waals surface area contributed by atoms with Gasteiger partial charge >= 0.3 is 0 Å². The van der Waals surface area contributed by atoms with Gasteiger partial charge in [-0.1, -0.05) is 66.2 Å². The van der Waals surface area contributed by atoms with Crippen LogP contribution >= 0.6 is 0 Å². The fourth-order valence-corrected chi connectivity index (χ4v) is 4.27. The smallest absolute Gasteiger partial charge is 0.143 e. The Hall–Kier alpha value is -3.32. The third-order valence-corrected chi connectivity index (χ3v) is 5.49. The summed E-state index contributed by atoms with van der Waals surface area (Å²) in [7, 11) is 0. The van der Waals surface area contributed by atoms with Crippen molar-refractivity contribution in [1.82, 2.24) is 0 Å². The maximum atomic E-state index is 6.25. The highest BCUT2D eigenvalue weighted by Crippen LogP contribution is 2.38. The summed E-state index contributed by atoms with van der Waals surface area (Å²) in [6.45, 7) is 2.14. The van der Waals surface area contributed by atoms with Crippen LogP contribution in [0.25, 0.3) is 54.3 Å². The van der Waals surface area contributed by atoms with E-state index in [9.17, 15) is 0 Å². The van der Waals surface area contributed by atoms with E-state index >= 15 is 0 Å². The number of rotatable bonds is 0. The predicted molar refractivity (Wildman–Crippen MR) is 111 cm³/mol. The van der Waals surface area contributed by atoms with E-state index in [0.717, 1.165) is 11.2 Å². The van der Waals surface area contributed by atoms with Crippen molar-refractivity contribution in [1.29, 1.82) is 0 Å². The van der Waals surface area contributed by atoms with E-state index in [1.807, 2.05) is 12.1 Å². The lowest BCUT2D eigenvalue weighted by molar-refractivity contribution is 0.672. The molecule has 0 amide bonds. The zero-order chi connectivity index (χ0) is 17.3. The molecule has 0 unspecified atom stereocenters. The van der Waals surface area contributed by atoms with E-state index in [2.05, 4.69) is 73.7 Å². The third kappa shape index (κ3) is 1.75. The minimum Gasteiger partial charge on any atom is -0.455 e. The van der Waals surface area contributed by atoms with E-state index in [-0.39, 0.29) is 0 Å². The Morgan fingerprint density at radius 2 is 1.27 bits per heavy atom. The summed E-state index contributed by atoms with van der Waals surface area (Å²) in [5.74, 6) is 0. The lowest BCUT2D eigenvalue weighted by atomic mass is 9.95. The molecular formula is C25H16O. The molecule has 122 valence electrons. The van der Waals surface area contributed by atoms with Crippen LogP contribution in [0, 0.1) is 6.92 Å². The van der Waals surface area contributed by atoms with Gasteiger partial charge in [0.05, 0.1) is 0 Å². The number of hydrogen-bond donors (Lipinski definition) is 0. The van der Waals surface area contributed by atoms with Crippen molar-refractivity contribution in [2.75, 3.05) is 0 Å². The van der Waals surface area contributed by atoms with E-state index in [1.165, 1.54) is 48.7 Å². The summed E-state index contributed by atoms with van der Waals surface area (Å²) in [6.07, 6.45) is 0. The molecule has 6 rings (SSSR count). The zero-order valence-electron chi connectivity index (χ0n) is 14.4. The molecule has 1 heteroatoms. The van der Waals surface area contributed by atoms with E-state index in [4.69, 9.17) is 4.42 Å². The van der Waals surface area contributed by atoms with Gasteiger partial charge in [0.2, 0.25) is 0 Å². The SMILES string of the molecule is Cc1ccc2c(ccc3ccc4c(ccc5c6ccccc6oc54)c32)c1. The number of benzene rings is 5. The summed E-state index contributed by atoms with van der Waals surface area (Å²) >= 11 is 0. The fraction of sp³-hybridized carbons (Fsp3) is 0.0400. The standard InChI is InChI=1S/C25H16O/c1-15-6-10-18-17(14-15)8-7-16-9-11-22-20(24(16)18)12-13-21-19-4-2-3-5-23(19)26-25(21)22/h2-14H,1H3. The highest BCUT2D eigenvalue weighted by molar-refractivity contribution is 6.25.